The van der Waals surface area contributed by atoms with E-state index in [9.17, 15) is 19.2 Å². The third-order valence-corrected chi connectivity index (χ3v) is 3.22. The van der Waals surface area contributed by atoms with Crippen molar-refractivity contribution >= 4 is 24.0 Å². The van der Waals surface area contributed by atoms with Gasteiger partial charge in [0, 0.05) is 0 Å². The van der Waals surface area contributed by atoms with Crippen LogP contribution in [-0.4, -0.2) is 24.0 Å². The zero-order valence-corrected chi connectivity index (χ0v) is 7.23. The molecule has 0 aliphatic heterocycles. The summed E-state index contributed by atoms with van der Waals surface area (Å²) in [5.74, 6) is 0. The first-order valence-corrected chi connectivity index (χ1v) is 5.37. The van der Waals surface area contributed by atoms with E-state index in [1.807, 2.05) is 0 Å². The molecule has 0 aliphatic carbocycles. The topological polar surface area (TPSA) is 96.0 Å². The molecule has 8 heteroatoms. The predicted molar refractivity (Wildman–Crippen MR) is 28.2 cm³/mol. The fourth-order valence-corrected chi connectivity index (χ4v) is 1.52. The van der Waals surface area contributed by atoms with Crippen molar-refractivity contribution in [3.63, 3.8) is 0 Å². The Labute approximate surface area is 71.4 Å². The van der Waals surface area contributed by atoms with Crippen molar-refractivity contribution in [2.24, 2.45) is 0 Å². The predicted octanol–water partition coefficient (Wildman–Crippen LogP) is -1.41. The van der Waals surface area contributed by atoms with Gasteiger partial charge in [-0.2, -0.15) is 0 Å². The van der Waals surface area contributed by atoms with Gasteiger partial charge in [0.25, 0.3) is 0 Å². The first-order valence-electron chi connectivity index (χ1n) is 2.55. The van der Waals surface area contributed by atoms with Crippen LogP contribution in [0.15, 0.2) is 0 Å². The van der Waals surface area contributed by atoms with Crippen molar-refractivity contribution in [1.29, 1.82) is 0 Å². The van der Waals surface area contributed by atoms with Gasteiger partial charge < -0.3 is 0 Å². The molecule has 0 aromatic heterocycles. The number of rotatable bonds is 7. The molecule has 0 amide bonds. The summed E-state index contributed by atoms with van der Waals surface area (Å²) >= 11 is -4.57. The molecule has 0 aromatic rings. The van der Waals surface area contributed by atoms with Crippen LogP contribution in [0.3, 0.4) is 0 Å². The van der Waals surface area contributed by atoms with Crippen LogP contribution in [0.2, 0.25) is 0 Å². The maximum absolute atomic E-state index is 10.2. The zero-order valence-electron chi connectivity index (χ0n) is 5.67. The minimum atomic E-state index is -4.57. The summed E-state index contributed by atoms with van der Waals surface area (Å²) in [6.45, 7) is -0.371. The van der Waals surface area contributed by atoms with Gasteiger partial charge in [-0.25, -0.2) is 0 Å². The summed E-state index contributed by atoms with van der Waals surface area (Å²) in [5, 5.41) is 0. The van der Waals surface area contributed by atoms with Crippen molar-refractivity contribution < 1.29 is 46.9 Å². The Hall–Kier alpha value is -1.21. The second-order valence-electron chi connectivity index (χ2n) is 1.36. The van der Waals surface area contributed by atoms with Crippen LogP contribution in [0.4, 0.5) is 0 Å². The van der Waals surface area contributed by atoms with Gasteiger partial charge in [-0.1, -0.05) is 0 Å². The molecule has 0 aliphatic rings. The molecule has 0 atom stereocenters. The van der Waals surface area contributed by atoms with Crippen molar-refractivity contribution in [2.45, 2.75) is 0 Å². The van der Waals surface area contributed by atoms with E-state index < -0.39 is 17.8 Å². The van der Waals surface area contributed by atoms with Crippen molar-refractivity contribution in [2.75, 3.05) is 0 Å². The number of carbonyl (C=O) groups is 4. The van der Waals surface area contributed by atoms with Gasteiger partial charge >= 0.3 is 70.9 Å². The first kappa shape index (κ1) is 10.8. The van der Waals surface area contributed by atoms with E-state index in [4.69, 9.17) is 0 Å². The molecule has 66 valence electrons. The van der Waals surface area contributed by atoms with Crippen molar-refractivity contribution in [1.82, 2.24) is 0 Å². The van der Waals surface area contributed by atoms with Crippen molar-refractivity contribution in [3.05, 3.63) is 0 Å². The zero-order chi connectivity index (χ0) is 9.45. The van der Waals surface area contributed by atoms with E-state index in [2.05, 4.69) is 9.96 Å². The van der Waals surface area contributed by atoms with E-state index in [0.29, 0.717) is 0 Å². The van der Waals surface area contributed by atoms with Gasteiger partial charge in [-0.15, -0.1) is 0 Å². The molecule has 0 N–H and O–H groups in total. The van der Waals surface area contributed by atoms with Gasteiger partial charge in [0.15, 0.2) is 0 Å². The van der Waals surface area contributed by atoms with Crippen LogP contribution in [-0.2, 0) is 46.9 Å². The summed E-state index contributed by atoms with van der Waals surface area (Å²) < 4.78 is 12.3. The van der Waals surface area contributed by atoms with E-state index in [-0.39, 0.29) is 24.0 Å². The standard InChI is InChI=1S/3CH2O2.CHO.Ti/c3*2-1-3;1-2;/h3*1H,(H,2,3);1H;/q;;;;+3/p-3. The van der Waals surface area contributed by atoms with Crippen molar-refractivity contribution in [3.8, 4) is 0 Å². The Kier molecular flexibility index (Phi) is 4.90. The van der Waals surface area contributed by atoms with Gasteiger partial charge in [-0.3, -0.25) is 0 Å². The fourth-order valence-electron chi connectivity index (χ4n) is 0.368. The molecule has 0 spiro atoms. The third kappa shape index (κ3) is 2.81. The van der Waals surface area contributed by atoms with Gasteiger partial charge in [0.05, 0.1) is 0 Å². The van der Waals surface area contributed by atoms with E-state index in [0.717, 1.165) is 0 Å². The normalized spacial score (nSPS) is 9.33. The molecule has 0 saturated carbocycles. The minimum absolute atomic E-state index is 0.0250. The average Bonchev–Trinajstić information content (AvgIpc) is 2.06. The van der Waals surface area contributed by atoms with Gasteiger partial charge in [-0.05, 0) is 0 Å². The summed E-state index contributed by atoms with van der Waals surface area (Å²) in [4.78, 5) is 39.6. The molecule has 0 fully saturated rings. The molecule has 0 saturated heterocycles. The molecule has 0 rings (SSSR count). The second kappa shape index (κ2) is 5.45. The SMILES string of the molecule is O=C[O][Ti]([CH]=O)([O]C=O)[O]C=O. The number of carbonyl (C=O) groups excluding carboxylic acids is 4. The fraction of sp³-hybridized carbons (Fsp3) is 0. The Morgan fingerprint density at radius 2 is 1.08 bits per heavy atom. The second-order valence-corrected chi connectivity index (χ2v) is 4.72. The van der Waals surface area contributed by atoms with Crippen LogP contribution in [0.25, 0.3) is 0 Å². The molecule has 12 heavy (non-hydrogen) atoms. The molecule has 0 unspecified atom stereocenters. The van der Waals surface area contributed by atoms with Crippen LogP contribution >= 0.6 is 0 Å². The summed E-state index contributed by atoms with van der Waals surface area (Å²) in [5.41, 5.74) is 0. The molecule has 0 radical (unpaired) electrons. The van der Waals surface area contributed by atoms with Crippen LogP contribution in [0.5, 0.6) is 0 Å². The maximum atomic E-state index is 10.2. The summed E-state index contributed by atoms with van der Waals surface area (Å²) in [6.07, 6.45) is 0. The summed E-state index contributed by atoms with van der Waals surface area (Å²) in [7, 11) is 0. The molecule has 0 heterocycles. The van der Waals surface area contributed by atoms with Crippen LogP contribution in [0.1, 0.15) is 0 Å². The Morgan fingerprint density at radius 1 is 0.750 bits per heavy atom. The van der Waals surface area contributed by atoms with Crippen LogP contribution in [0, 0.1) is 0 Å². The Bertz CT molecular complexity index is 163. The number of hydrogen-bond donors (Lipinski definition) is 0. The average molecular weight is 212 g/mol. The van der Waals surface area contributed by atoms with E-state index in [1.54, 1.807) is 0 Å². The molecule has 0 bridgehead atoms. The Morgan fingerprint density at radius 3 is 1.25 bits per heavy atom. The number of hydrogen-bond acceptors (Lipinski definition) is 7. The van der Waals surface area contributed by atoms with Crippen LogP contribution < -0.4 is 0 Å². The van der Waals surface area contributed by atoms with Gasteiger partial charge in [0.1, 0.15) is 0 Å². The molecular weight excluding hydrogens is 208 g/mol. The molecular formula is C4H4O7Ti. The quantitative estimate of drug-likeness (QED) is 0.377. The third-order valence-electron chi connectivity index (χ3n) is 0.781. The van der Waals surface area contributed by atoms with E-state index >= 15 is 0 Å². The summed E-state index contributed by atoms with van der Waals surface area (Å²) in [6, 6.07) is 0. The first-order chi connectivity index (χ1) is 5.74. The van der Waals surface area contributed by atoms with Gasteiger partial charge in [0.2, 0.25) is 0 Å². The monoisotopic (exact) mass is 212 g/mol. The molecule has 7 nitrogen and oxygen atoms in total. The van der Waals surface area contributed by atoms with E-state index in [1.165, 1.54) is 0 Å². The molecule has 0 aromatic carbocycles. The Balaban J connectivity index is 4.45.